The smallest absolute Gasteiger partial charge is 0.268 e. The maximum Gasteiger partial charge on any atom is 0.268 e. The van der Waals surface area contributed by atoms with Crippen molar-refractivity contribution in [2.24, 2.45) is 5.73 Å². The molecule has 5 heteroatoms. The maximum absolute atomic E-state index is 12.2. The Labute approximate surface area is 115 Å². The van der Waals surface area contributed by atoms with Crippen LogP contribution in [0, 0.1) is 11.3 Å². The summed E-state index contributed by atoms with van der Waals surface area (Å²) in [5.74, 6) is 0. The van der Waals surface area contributed by atoms with Crippen LogP contribution in [0.15, 0.2) is 34.4 Å². The van der Waals surface area contributed by atoms with Crippen LogP contribution in [-0.2, 0) is 6.54 Å². The molecule has 0 radical (unpaired) electrons. The van der Waals surface area contributed by atoms with Gasteiger partial charge in [0.05, 0.1) is 10.6 Å². The highest BCUT2D eigenvalue weighted by Crippen LogP contribution is 2.24. The molecule has 0 unspecified atom stereocenters. The van der Waals surface area contributed by atoms with Crippen molar-refractivity contribution in [1.29, 1.82) is 5.26 Å². The normalized spacial score (nSPS) is 10.3. The molecule has 2 aromatic heterocycles. The fraction of sp³-hybridized carbons (Fsp3) is 0.286. The topological polar surface area (TPSA) is 71.8 Å². The first kappa shape index (κ1) is 13.5. The summed E-state index contributed by atoms with van der Waals surface area (Å²) in [7, 11) is 0. The second kappa shape index (κ2) is 6.32. The van der Waals surface area contributed by atoms with E-state index in [9.17, 15) is 4.79 Å². The van der Waals surface area contributed by atoms with E-state index in [-0.39, 0.29) is 11.1 Å². The Hall–Kier alpha value is -1.90. The van der Waals surface area contributed by atoms with Crippen LogP contribution in [0.1, 0.15) is 18.4 Å². The predicted molar refractivity (Wildman–Crippen MR) is 77.0 cm³/mol. The molecule has 0 saturated carbocycles. The zero-order valence-corrected chi connectivity index (χ0v) is 11.3. The first-order valence-corrected chi connectivity index (χ1v) is 7.03. The SMILES string of the molecule is N#Cc1ccc(-c2cccs2)n(CCCCN)c1=O. The summed E-state index contributed by atoms with van der Waals surface area (Å²) < 4.78 is 1.68. The molecule has 0 saturated heterocycles. The average molecular weight is 273 g/mol. The summed E-state index contributed by atoms with van der Waals surface area (Å²) in [6.07, 6.45) is 1.71. The first-order chi connectivity index (χ1) is 9.27. The van der Waals surface area contributed by atoms with E-state index in [1.54, 1.807) is 22.0 Å². The van der Waals surface area contributed by atoms with Crippen molar-refractivity contribution in [2.75, 3.05) is 6.54 Å². The molecule has 2 rings (SSSR count). The number of rotatable bonds is 5. The molecule has 19 heavy (non-hydrogen) atoms. The van der Waals surface area contributed by atoms with Crippen molar-refractivity contribution in [3.8, 4) is 16.6 Å². The number of thiophene rings is 1. The van der Waals surface area contributed by atoms with E-state index >= 15 is 0 Å². The standard InChI is InChI=1S/C14H15N3OS/c15-7-1-2-8-17-12(13-4-3-9-19-13)6-5-11(10-16)14(17)18/h3-6,9H,1-2,7-8,15H2. The molecule has 0 aliphatic carbocycles. The molecule has 0 atom stereocenters. The lowest BCUT2D eigenvalue weighted by Crippen LogP contribution is -2.24. The van der Waals surface area contributed by atoms with Crippen molar-refractivity contribution >= 4 is 11.3 Å². The minimum atomic E-state index is -0.217. The van der Waals surface area contributed by atoms with Gasteiger partial charge in [0.15, 0.2) is 0 Å². The lowest BCUT2D eigenvalue weighted by atomic mass is 10.2. The molecular weight excluding hydrogens is 258 g/mol. The number of nitrogens with two attached hydrogens (primary N) is 1. The van der Waals surface area contributed by atoms with Gasteiger partial charge in [-0.05, 0) is 43.0 Å². The minimum absolute atomic E-state index is 0.188. The van der Waals surface area contributed by atoms with Gasteiger partial charge in [-0.1, -0.05) is 6.07 Å². The van der Waals surface area contributed by atoms with Crippen LogP contribution in [0.25, 0.3) is 10.6 Å². The Morgan fingerprint density at radius 2 is 2.16 bits per heavy atom. The molecule has 2 heterocycles. The van der Waals surface area contributed by atoms with E-state index < -0.39 is 0 Å². The lowest BCUT2D eigenvalue weighted by Gasteiger charge is -2.11. The monoisotopic (exact) mass is 273 g/mol. The maximum atomic E-state index is 12.2. The van der Waals surface area contributed by atoms with Gasteiger partial charge in [0.25, 0.3) is 5.56 Å². The summed E-state index contributed by atoms with van der Waals surface area (Å²) in [6.45, 7) is 1.21. The van der Waals surface area contributed by atoms with Gasteiger partial charge in [0.1, 0.15) is 11.6 Å². The van der Waals surface area contributed by atoms with Gasteiger partial charge in [0.2, 0.25) is 0 Å². The van der Waals surface area contributed by atoms with Gasteiger partial charge in [0, 0.05) is 6.54 Å². The van der Waals surface area contributed by atoms with Gasteiger partial charge < -0.3 is 10.3 Å². The molecule has 2 N–H and O–H groups in total. The molecule has 0 fully saturated rings. The molecule has 4 nitrogen and oxygen atoms in total. The Kier molecular flexibility index (Phi) is 4.50. The van der Waals surface area contributed by atoms with Crippen LogP contribution >= 0.6 is 11.3 Å². The van der Waals surface area contributed by atoms with Crippen LogP contribution in [-0.4, -0.2) is 11.1 Å². The molecule has 98 valence electrons. The van der Waals surface area contributed by atoms with E-state index in [4.69, 9.17) is 11.0 Å². The Balaban J connectivity index is 2.46. The van der Waals surface area contributed by atoms with Gasteiger partial charge >= 0.3 is 0 Å². The van der Waals surface area contributed by atoms with Gasteiger partial charge in [-0.3, -0.25) is 4.79 Å². The van der Waals surface area contributed by atoms with Gasteiger partial charge in [-0.25, -0.2) is 0 Å². The number of hydrogen-bond acceptors (Lipinski definition) is 4. The summed E-state index contributed by atoms with van der Waals surface area (Å²) in [5, 5.41) is 10.9. The van der Waals surface area contributed by atoms with E-state index in [0.717, 1.165) is 23.4 Å². The quantitative estimate of drug-likeness (QED) is 0.849. The van der Waals surface area contributed by atoms with Crippen molar-refractivity contribution < 1.29 is 0 Å². The minimum Gasteiger partial charge on any atom is -0.330 e. The molecule has 0 aromatic carbocycles. The van der Waals surface area contributed by atoms with Crippen molar-refractivity contribution in [1.82, 2.24) is 4.57 Å². The van der Waals surface area contributed by atoms with E-state index in [1.165, 1.54) is 0 Å². The summed E-state index contributed by atoms with van der Waals surface area (Å²) in [6, 6.07) is 9.31. The second-order valence-corrected chi connectivity index (χ2v) is 5.12. The van der Waals surface area contributed by atoms with E-state index in [1.807, 2.05) is 29.6 Å². The molecule has 0 amide bonds. The Morgan fingerprint density at radius 3 is 2.79 bits per heavy atom. The molecule has 2 aromatic rings. The zero-order valence-electron chi connectivity index (χ0n) is 10.5. The van der Waals surface area contributed by atoms with E-state index in [0.29, 0.717) is 13.1 Å². The number of hydrogen-bond donors (Lipinski definition) is 1. The molecule has 0 aliphatic heterocycles. The summed E-state index contributed by atoms with van der Waals surface area (Å²) in [5.41, 5.74) is 6.32. The largest absolute Gasteiger partial charge is 0.330 e. The van der Waals surface area contributed by atoms with E-state index in [2.05, 4.69) is 0 Å². The highest BCUT2D eigenvalue weighted by Gasteiger charge is 2.10. The zero-order chi connectivity index (χ0) is 13.7. The fourth-order valence-corrected chi connectivity index (χ4v) is 2.70. The highest BCUT2D eigenvalue weighted by atomic mass is 32.1. The first-order valence-electron chi connectivity index (χ1n) is 6.16. The van der Waals surface area contributed by atoms with Crippen LogP contribution in [0.3, 0.4) is 0 Å². The number of nitriles is 1. The molecular formula is C14H15N3OS. The molecule has 0 bridgehead atoms. The van der Waals surface area contributed by atoms with Crippen molar-refractivity contribution in [3.05, 3.63) is 45.6 Å². The van der Waals surface area contributed by atoms with Crippen LogP contribution in [0.2, 0.25) is 0 Å². The number of nitrogens with zero attached hydrogens (tertiary/aromatic N) is 2. The number of aromatic nitrogens is 1. The second-order valence-electron chi connectivity index (χ2n) is 4.17. The van der Waals surface area contributed by atoms with Gasteiger partial charge in [-0.2, -0.15) is 5.26 Å². The van der Waals surface area contributed by atoms with Gasteiger partial charge in [-0.15, -0.1) is 11.3 Å². The Bertz CT molecular complexity index is 638. The van der Waals surface area contributed by atoms with Crippen molar-refractivity contribution in [2.45, 2.75) is 19.4 Å². The Morgan fingerprint density at radius 1 is 1.32 bits per heavy atom. The van der Waals surface area contributed by atoms with Crippen LogP contribution in [0.4, 0.5) is 0 Å². The number of unbranched alkanes of at least 4 members (excludes halogenated alkanes) is 1. The number of pyridine rings is 1. The van der Waals surface area contributed by atoms with Crippen molar-refractivity contribution in [3.63, 3.8) is 0 Å². The molecule has 0 spiro atoms. The summed E-state index contributed by atoms with van der Waals surface area (Å²) in [4.78, 5) is 13.3. The lowest BCUT2D eigenvalue weighted by molar-refractivity contribution is 0.603. The fourth-order valence-electron chi connectivity index (χ4n) is 1.94. The highest BCUT2D eigenvalue weighted by molar-refractivity contribution is 7.13. The summed E-state index contributed by atoms with van der Waals surface area (Å²) >= 11 is 1.58. The van der Waals surface area contributed by atoms with Crippen LogP contribution < -0.4 is 11.3 Å². The third-order valence-electron chi connectivity index (χ3n) is 2.90. The average Bonchev–Trinajstić information content (AvgIpc) is 2.94. The van der Waals surface area contributed by atoms with Crippen LogP contribution in [0.5, 0.6) is 0 Å². The third-order valence-corrected chi connectivity index (χ3v) is 3.80. The molecule has 0 aliphatic rings. The third kappa shape index (κ3) is 2.92. The predicted octanol–water partition coefficient (Wildman–Crippen LogP) is 2.19.